The summed E-state index contributed by atoms with van der Waals surface area (Å²) in [5, 5.41) is 8.50. The minimum Gasteiger partial charge on any atom is -0.193 e. The van der Waals surface area contributed by atoms with Gasteiger partial charge in [0.25, 0.3) is 0 Å². The van der Waals surface area contributed by atoms with E-state index in [1.54, 1.807) is 0 Å². The molecule has 0 saturated carbocycles. The van der Waals surface area contributed by atoms with Crippen LogP contribution in [0.15, 0.2) is 42.0 Å². The molecule has 1 aromatic rings. The van der Waals surface area contributed by atoms with Crippen LogP contribution in [0.2, 0.25) is 0 Å². The topological polar surface area (TPSA) is 23.8 Å². The number of rotatable bonds is 3. The van der Waals surface area contributed by atoms with Gasteiger partial charge in [-0.15, -0.1) is 0 Å². The Morgan fingerprint density at radius 2 is 2.13 bits per heavy atom. The zero-order chi connectivity index (χ0) is 11.1. The summed E-state index contributed by atoms with van der Waals surface area (Å²) in [5.74, 6) is 0. The van der Waals surface area contributed by atoms with Crippen LogP contribution in [0, 0.1) is 11.3 Å². The summed E-state index contributed by atoms with van der Waals surface area (Å²) in [6.07, 6.45) is 6.44. The first-order valence-electron chi connectivity index (χ1n) is 5.03. The molecule has 0 aliphatic rings. The maximum absolute atomic E-state index is 8.50. The van der Waals surface area contributed by atoms with Gasteiger partial charge in [-0.1, -0.05) is 35.9 Å². The van der Waals surface area contributed by atoms with Gasteiger partial charge in [0.1, 0.15) is 0 Å². The Kier molecular flexibility index (Phi) is 4.37. The molecule has 0 saturated heterocycles. The molecule has 76 valence electrons. The van der Waals surface area contributed by atoms with Crippen LogP contribution in [-0.4, -0.2) is 0 Å². The molecule has 1 heteroatoms. The van der Waals surface area contributed by atoms with Gasteiger partial charge < -0.3 is 0 Å². The Morgan fingerprint density at radius 3 is 2.80 bits per heavy atom. The number of nitriles is 1. The molecule has 0 bridgehead atoms. The first-order valence-corrected chi connectivity index (χ1v) is 5.03. The number of allylic oxidation sites excluding steroid dienone is 3. The van der Waals surface area contributed by atoms with Crippen molar-refractivity contribution in [3.05, 3.63) is 53.1 Å². The molecule has 0 atom stereocenters. The van der Waals surface area contributed by atoms with Crippen molar-refractivity contribution in [1.82, 2.24) is 0 Å². The summed E-state index contributed by atoms with van der Waals surface area (Å²) < 4.78 is 0. The summed E-state index contributed by atoms with van der Waals surface area (Å²) in [7, 11) is 0. The summed E-state index contributed by atoms with van der Waals surface area (Å²) in [6.45, 7) is 4.16. The van der Waals surface area contributed by atoms with E-state index in [1.807, 2.05) is 37.3 Å². The van der Waals surface area contributed by atoms with E-state index in [2.05, 4.69) is 19.1 Å². The lowest BCUT2D eigenvalue weighted by Gasteiger charge is -2.05. The summed E-state index contributed by atoms with van der Waals surface area (Å²) in [6, 6.07) is 10.2. The Labute approximate surface area is 91.4 Å². The smallest absolute Gasteiger partial charge is 0.0912 e. The fourth-order valence-electron chi connectivity index (χ4n) is 1.39. The monoisotopic (exact) mass is 197 g/mol. The van der Waals surface area contributed by atoms with Gasteiger partial charge >= 0.3 is 0 Å². The Bertz CT molecular complexity index is 419. The van der Waals surface area contributed by atoms with Gasteiger partial charge in [-0.3, -0.25) is 0 Å². The normalized spacial score (nSPS) is 11.7. The van der Waals surface area contributed by atoms with E-state index in [0.717, 1.165) is 12.0 Å². The van der Waals surface area contributed by atoms with E-state index in [0.29, 0.717) is 0 Å². The second-order valence-electron chi connectivity index (χ2n) is 3.47. The molecule has 0 fully saturated rings. The lowest BCUT2D eigenvalue weighted by molar-refractivity contribution is 1.13. The van der Waals surface area contributed by atoms with Gasteiger partial charge in [0, 0.05) is 6.08 Å². The first-order chi connectivity index (χ1) is 7.27. The van der Waals surface area contributed by atoms with Gasteiger partial charge in [-0.05, 0) is 37.5 Å². The average molecular weight is 197 g/mol. The molecule has 0 N–H and O–H groups in total. The van der Waals surface area contributed by atoms with E-state index < -0.39 is 0 Å². The van der Waals surface area contributed by atoms with Crippen LogP contribution in [0.3, 0.4) is 0 Å². The van der Waals surface area contributed by atoms with Crippen molar-refractivity contribution < 1.29 is 0 Å². The summed E-state index contributed by atoms with van der Waals surface area (Å²) in [5.41, 5.74) is 3.73. The number of hydrogen-bond acceptors (Lipinski definition) is 1. The second kappa shape index (κ2) is 5.82. The zero-order valence-electron chi connectivity index (χ0n) is 9.20. The molecular formula is C14H15N. The van der Waals surface area contributed by atoms with Crippen molar-refractivity contribution >= 4 is 6.08 Å². The molecule has 0 radical (unpaired) electrons. The lowest BCUT2D eigenvalue weighted by atomic mass is 10.0. The van der Waals surface area contributed by atoms with Crippen molar-refractivity contribution in [2.24, 2.45) is 0 Å². The Hall–Kier alpha value is -1.81. The van der Waals surface area contributed by atoms with E-state index in [9.17, 15) is 0 Å². The standard InChI is InChI=1S/C14H15N/c1-3-12(2)11-14-8-5-4-7-13(14)9-6-10-15/h3-9H,11H2,1-2H3/b9-6+,12-3+. The van der Waals surface area contributed by atoms with Gasteiger partial charge in [-0.25, -0.2) is 0 Å². The summed E-state index contributed by atoms with van der Waals surface area (Å²) >= 11 is 0. The van der Waals surface area contributed by atoms with Crippen LogP contribution in [0.4, 0.5) is 0 Å². The average Bonchev–Trinajstić information content (AvgIpc) is 2.28. The van der Waals surface area contributed by atoms with E-state index >= 15 is 0 Å². The molecule has 1 nitrogen and oxygen atoms in total. The Balaban J connectivity index is 2.97. The van der Waals surface area contributed by atoms with Gasteiger partial charge in [0.2, 0.25) is 0 Å². The summed E-state index contributed by atoms with van der Waals surface area (Å²) in [4.78, 5) is 0. The van der Waals surface area contributed by atoms with Crippen molar-refractivity contribution in [1.29, 1.82) is 5.26 Å². The zero-order valence-corrected chi connectivity index (χ0v) is 9.20. The maximum atomic E-state index is 8.50. The molecule has 0 aromatic heterocycles. The molecule has 0 heterocycles. The van der Waals surface area contributed by atoms with Crippen LogP contribution in [0.5, 0.6) is 0 Å². The molecule has 15 heavy (non-hydrogen) atoms. The van der Waals surface area contributed by atoms with Crippen LogP contribution in [-0.2, 0) is 6.42 Å². The highest BCUT2D eigenvalue weighted by atomic mass is 14.2. The molecule has 0 aliphatic heterocycles. The minimum absolute atomic E-state index is 0.947. The molecule has 0 spiro atoms. The van der Waals surface area contributed by atoms with E-state index in [-0.39, 0.29) is 0 Å². The van der Waals surface area contributed by atoms with Crippen molar-refractivity contribution in [2.75, 3.05) is 0 Å². The van der Waals surface area contributed by atoms with E-state index in [1.165, 1.54) is 17.2 Å². The predicted molar refractivity (Wildman–Crippen MR) is 64.2 cm³/mol. The largest absolute Gasteiger partial charge is 0.193 e. The molecule has 1 aromatic carbocycles. The van der Waals surface area contributed by atoms with Crippen molar-refractivity contribution in [2.45, 2.75) is 20.3 Å². The van der Waals surface area contributed by atoms with E-state index in [4.69, 9.17) is 5.26 Å². The number of hydrogen-bond donors (Lipinski definition) is 0. The third kappa shape index (κ3) is 3.44. The number of benzene rings is 1. The third-order valence-electron chi connectivity index (χ3n) is 2.35. The fourth-order valence-corrected chi connectivity index (χ4v) is 1.39. The van der Waals surface area contributed by atoms with Gasteiger partial charge in [-0.2, -0.15) is 5.26 Å². The van der Waals surface area contributed by atoms with Crippen LogP contribution in [0.1, 0.15) is 25.0 Å². The maximum Gasteiger partial charge on any atom is 0.0912 e. The molecule has 1 rings (SSSR count). The number of nitrogens with zero attached hydrogens (tertiary/aromatic N) is 1. The second-order valence-corrected chi connectivity index (χ2v) is 3.47. The Morgan fingerprint density at radius 1 is 1.40 bits per heavy atom. The minimum atomic E-state index is 0.947. The quantitative estimate of drug-likeness (QED) is 0.535. The van der Waals surface area contributed by atoms with Gasteiger partial charge in [0.15, 0.2) is 0 Å². The molecular weight excluding hydrogens is 182 g/mol. The van der Waals surface area contributed by atoms with Crippen molar-refractivity contribution in [3.8, 4) is 6.07 Å². The molecule has 0 unspecified atom stereocenters. The predicted octanol–water partition coefficient (Wildman–Crippen LogP) is 3.73. The van der Waals surface area contributed by atoms with Crippen LogP contribution >= 0.6 is 0 Å². The van der Waals surface area contributed by atoms with Gasteiger partial charge in [0.05, 0.1) is 6.07 Å². The molecule has 0 amide bonds. The van der Waals surface area contributed by atoms with Crippen molar-refractivity contribution in [3.63, 3.8) is 0 Å². The van der Waals surface area contributed by atoms with Crippen LogP contribution < -0.4 is 0 Å². The third-order valence-corrected chi connectivity index (χ3v) is 2.35. The van der Waals surface area contributed by atoms with Crippen LogP contribution in [0.25, 0.3) is 6.08 Å². The highest BCUT2D eigenvalue weighted by Crippen LogP contribution is 2.14. The SMILES string of the molecule is C/C=C(\C)Cc1ccccc1/C=C/C#N. The first kappa shape index (κ1) is 11.3. The fraction of sp³-hybridized carbons (Fsp3) is 0.214. The highest BCUT2D eigenvalue weighted by Gasteiger charge is 1.98. The molecule has 0 aliphatic carbocycles. The highest BCUT2D eigenvalue weighted by molar-refractivity contribution is 5.56. The lowest BCUT2D eigenvalue weighted by Crippen LogP contribution is -1.90.